The number of aliphatic hydroxyl groups excluding tert-OH is 1. The summed E-state index contributed by atoms with van der Waals surface area (Å²) in [7, 11) is 0.182. The largest absolute Gasteiger partial charge is 0.506 e. The van der Waals surface area contributed by atoms with Gasteiger partial charge in [0.25, 0.3) is 0 Å². The molecular formula is C38H57N2O2PS. The van der Waals surface area contributed by atoms with Gasteiger partial charge >= 0.3 is 0 Å². The van der Waals surface area contributed by atoms with Gasteiger partial charge in [-0.15, -0.1) is 11.3 Å². The summed E-state index contributed by atoms with van der Waals surface area (Å²) in [6.45, 7) is 30.9. The predicted octanol–water partition coefficient (Wildman–Crippen LogP) is 11.5. The van der Waals surface area contributed by atoms with E-state index in [0.29, 0.717) is 12.1 Å². The maximum atomic E-state index is 13.2. The maximum Gasteiger partial charge on any atom is 0.171 e. The van der Waals surface area contributed by atoms with Gasteiger partial charge in [0.15, 0.2) is 5.52 Å². The van der Waals surface area contributed by atoms with Gasteiger partial charge in [0.1, 0.15) is 5.76 Å². The van der Waals surface area contributed by atoms with Crippen molar-refractivity contribution in [1.82, 2.24) is 9.55 Å². The van der Waals surface area contributed by atoms with Crippen LogP contribution in [0.3, 0.4) is 0 Å². The molecule has 6 heteroatoms. The summed E-state index contributed by atoms with van der Waals surface area (Å²) in [6.07, 6.45) is 17.6. The first-order chi connectivity index (χ1) is 20.8. The van der Waals surface area contributed by atoms with Gasteiger partial charge in [0, 0.05) is 12.1 Å². The van der Waals surface area contributed by atoms with Crippen molar-refractivity contribution in [1.29, 1.82) is 0 Å². The molecule has 0 aliphatic carbocycles. The van der Waals surface area contributed by atoms with Crippen LogP contribution in [-0.2, 0) is 24.2 Å². The van der Waals surface area contributed by atoms with Crippen molar-refractivity contribution in [2.24, 2.45) is 0 Å². The summed E-state index contributed by atoms with van der Waals surface area (Å²) >= 11 is 1.66. The van der Waals surface area contributed by atoms with Crippen molar-refractivity contribution >= 4 is 36.8 Å². The minimum Gasteiger partial charge on any atom is -0.506 e. The Morgan fingerprint density at radius 1 is 1.11 bits per heavy atom. The van der Waals surface area contributed by atoms with Crippen LogP contribution < -0.4 is 0 Å². The highest BCUT2D eigenvalue weighted by molar-refractivity contribution is 7.59. The molecule has 0 amide bonds. The first-order valence-corrected chi connectivity index (χ1v) is 17.8. The fraction of sp³-hybridized carbons (Fsp3) is 0.474. The fourth-order valence-corrected chi connectivity index (χ4v) is 6.92. The minimum absolute atomic E-state index is 0.00118. The highest BCUT2D eigenvalue weighted by atomic mass is 32.1. The Bertz CT molecular complexity index is 1360. The Morgan fingerprint density at radius 3 is 2.32 bits per heavy atom. The zero-order valence-electron chi connectivity index (χ0n) is 28.9. The normalized spacial score (nSPS) is 12.6. The van der Waals surface area contributed by atoms with E-state index >= 15 is 0 Å². The minimum atomic E-state index is -0.0786. The first-order valence-electron chi connectivity index (χ1n) is 16.0. The molecule has 0 bridgehead atoms. The molecule has 2 aromatic heterocycles. The van der Waals surface area contributed by atoms with Crippen molar-refractivity contribution in [2.75, 3.05) is 0 Å². The van der Waals surface area contributed by atoms with E-state index in [9.17, 15) is 9.90 Å². The molecule has 2 aromatic rings. The number of hydrogen-bond acceptors (Lipinski definition) is 4. The van der Waals surface area contributed by atoms with Gasteiger partial charge in [0.2, 0.25) is 0 Å². The quantitative estimate of drug-likeness (QED) is 0.0813. The molecule has 0 saturated carbocycles. The third kappa shape index (κ3) is 13.1. The molecule has 4 nitrogen and oxygen atoms in total. The van der Waals surface area contributed by atoms with Gasteiger partial charge < -0.3 is 9.67 Å². The van der Waals surface area contributed by atoms with E-state index in [0.717, 1.165) is 50.8 Å². The van der Waals surface area contributed by atoms with Crippen LogP contribution in [0.15, 0.2) is 67.3 Å². The molecule has 0 aliphatic heterocycles. The van der Waals surface area contributed by atoms with Crippen LogP contribution in [-0.4, -0.2) is 25.3 Å². The van der Waals surface area contributed by atoms with E-state index in [2.05, 4.69) is 77.6 Å². The molecule has 2 heterocycles. The van der Waals surface area contributed by atoms with E-state index < -0.39 is 0 Å². The van der Waals surface area contributed by atoms with Crippen molar-refractivity contribution in [3.63, 3.8) is 0 Å². The third-order valence-electron chi connectivity index (χ3n) is 6.96. The summed E-state index contributed by atoms with van der Waals surface area (Å²) in [5.41, 5.74) is 7.12. The molecule has 1 N–H and O–H groups in total. The number of hydrogen-bond donors (Lipinski definition) is 1. The average molecular weight is 637 g/mol. The van der Waals surface area contributed by atoms with Gasteiger partial charge in [0.05, 0.1) is 27.8 Å². The number of aliphatic hydroxyl groups is 1. The summed E-state index contributed by atoms with van der Waals surface area (Å²) in [5.74, 6) is -0.00118. The second-order valence-corrected chi connectivity index (χ2v) is 15.5. The van der Waals surface area contributed by atoms with E-state index in [1.807, 2.05) is 44.4 Å². The van der Waals surface area contributed by atoms with Gasteiger partial charge in [-0.2, -0.15) is 0 Å². The van der Waals surface area contributed by atoms with Crippen molar-refractivity contribution in [2.45, 2.75) is 119 Å². The van der Waals surface area contributed by atoms with E-state index in [-0.39, 0.29) is 31.6 Å². The average Bonchev–Trinajstić information content (AvgIpc) is 3.46. The number of nitrogens with zero attached hydrogens (tertiary/aromatic N) is 2. The molecule has 2 rings (SSSR count). The summed E-state index contributed by atoms with van der Waals surface area (Å²) in [5, 5.41) is 11.5. The van der Waals surface area contributed by atoms with Crippen molar-refractivity contribution in [3.8, 4) is 0 Å². The third-order valence-corrected chi connectivity index (χ3v) is 9.29. The molecule has 0 aliphatic rings. The van der Waals surface area contributed by atoms with Gasteiger partial charge in [-0.1, -0.05) is 117 Å². The molecule has 0 spiro atoms. The first kappa shape index (κ1) is 39.3. The highest BCUT2D eigenvalue weighted by Crippen LogP contribution is 2.33. The van der Waals surface area contributed by atoms with E-state index in [1.54, 1.807) is 17.4 Å². The number of allylic oxidation sites excluding steroid dienone is 8. The lowest BCUT2D eigenvalue weighted by molar-refractivity contribution is -0.111. The van der Waals surface area contributed by atoms with Crippen LogP contribution in [0.1, 0.15) is 113 Å². The van der Waals surface area contributed by atoms with Gasteiger partial charge in [-0.25, -0.2) is 4.98 Å². The zero-order chi connectivity index (χ0) is 33.4. The molecule has 0 aromatic carbocycles. The van der Waals surface area contributed by atoms with Crippen LogP contribution in [0.5, 0.6) is 0 Å². The van der Waals surface area contributed by atoms with Crippen LogP contribution in [0.4, 0.5) is 0 Å². The van der Waals surface area contributed by atoms with Gasteiger partial charge in [-0.3, -0.25) is 4.79 Å². The van der Waals surface area contributed by atoms with E-state index in [4.69, 9.17) is 0 Å². The number of unbranched alkanes of at least 4 members (excludes halogenated alkanes) is 4. The van der Waals surface area contributed by atoms with Crippen LogP contribution in [0.2, 0.25) is 0 Å². The predicted molar refractivity (Wildman–Crippen MR) is 198 cm³/mol. The summed E-state index contributed by atoms with van der Waals surface area (Å²) in [6, 6.07) is 2.04. The maximum absolute atomic E-state index is 13.2. The lowest BCUT2D eigenvalue weighted by atomic mass is 10.0. The second-order valence-electron chi connectivity index (χ2n) is 12.0. The number of thiazole rings is 1. The Balaban J connectivity index is 0.00000474. The van der Waals surface area contributed by atoms with Gasteiger partial charge in [-0.05, 0) is 75.7 Å². The zero-order valence-corrected chi connectivity index (χ0v) is 30.7. The van der Waals surface area contributed by atoms with Crippen LogP contribution >= 0.6 is 19.9 Å². The SMILES string of the molecule is C=C\C=C(C)/C(/C=C\C(=C)c1sc(C)nc1C)=C\Cc1c(CCCCCCC)cc(C(=C)O)n1CC(=O)PC(C)(C)C.CC. The molecule has 242 valence electrons. The number of aryl methyl sites for hydroxylation is 3. The molecule has 1 atom stereocenters. The molecule has 0 radical (unpaired) electrons. The summed E-state index contributed by atoms with van der Waals surface area (Å²) < 4.78 is 2.00. The molecule has 0 fully saturated rings. The van der Waals surface area contributed by atoms with Crippen LogP contribution in [0.25, 0.3) is 11.3 Å². The smallest absolute Gasteiger partial charge is 0.171 e. The number of rotatable bonds is 17. The standard InChI is InChI=1S/C36H51N2O2PS.C2H6/c1-11-13-14-15-16-18-31-23-33(28(6)39)38(24-34(40)41-36(8,9)10)32(31)22-21-30(25(3)17-12-2)20-19-26(4)35-27(5)37-29(7)42-35;1-2/h12,17,19-21,23,39,41H,2,4,6,11,13-16,18,22,24H2,1,3,5,7-10H3;1-2H3/b20-19-,25-17-,30-21-;. The fourth-order valence-electron chi connectivity index (χ4n) is 4.98. The highest BCUT2D eigenvalue weighted by Gasteiger charge is 2.21. The number of carbonyl (C=O) groups excluding carboxylic acids is 1. The Morgan fingerprint density at radius 2 is 1.77 bits per heavy atom. The van der Waals surface area contributed by atoms with Crippen LogP contribution in [0, 0.1) is 13.8 Å². The van der Waals surface area contributed by atoms with Crippen molar-refractivity contribution < 1.29 is 9.90 Å². The Hall–Kier alpha value is -2.75. The lowest BCUT2D eigenvalue weighted by Crippen LogP contribution is -2.16. The second kappa shape index (κ2) is 19.6. The monoisotopic (exact) mass is 636 g/mol. The molecule has 44 heavy (non-hydrogen) atoms. The number of carbonyl (C=O) groups is 1. The Labute approximate surface area is 274 Å². The Kier molecular flexibility index (Phi) is 17.5. The van der Waals surface area contributed by atoms with E-state index in [1.165, 1.54) is 31.2 Å². The molecular weight excluding hydrogens is 579 g/mol. The van der Waals surface area contributed by atoms with Crippen molar-refractivity contribution in [3.05, 3.63) is 99.9 Å². The molecule has 0 saturated heterocycles. The number of aromatic nitrogens is 2. The lowest BCUT2D eigenvalue weighted by Gasteiger charge is -2.19. The summed E-state index contributed by atoms with van der Waals surface area (Å²) in [4.78, 5) is 18.8. The molecule has 1 unspecified atom stereocenters. The topological polar surface area (TPSA) is 55.1 Å².